The SMILES string of the molecule is CC(C)(C)NCCC(=O)NCCCCC#N. The molecule has 0 aliphatic rings. The number of nitriles is 1. The average molecular weight is 225 g/mol. The lowest BCUT2D eigenvalue weighted by molar-refractivity contribution is -0.121. The van der Waals surface area contributed by atoms with E-state index in [1.165, 1.54) is 0 Å². The van der Waals surface area contributed by atoms with Crippen LogP contribution in [-0.2, 0) is 4.79 Å². The molecular formula is C12H23N3O. The molecule has 0 bridgehead atoms. The van der Waals surface area contributed by atoms with Crippen molar-refractivity contribution >= 4 is 5.91 Å². The Morgan fingerprint density at radius 3 is 2.50 bits per heavy atom. The first kappa shape index (κ1) is 14.9. The maximum atomic E-state index is 11.3. The van der Waals surface area contributed by atoms with Crippen LogP contribution in [0.3, 0.4) is 0 Å². The molecular weight excluding hydrogens is 202 g/mol. The summed E-state index contributed by atoms with van der Waals surface area (Å²) in [6.07, 6.45) is 2.82. The molecule has 0 aliphatic heterocycles. The number of hydrogen-bond acceptors (Lipinski definition) is 3. The topological polar surface area (TPSA) is 64.9 Å². The monoisotopic (exact) mass is 225 g/mol. The lowest BCUT2D eigenvalue weighted by Crippen LogP contribution is -2.38. The van der Waals surface area contributed by atoms with Crippen molar-refractivity contribution in [3.8, 4) is 6.07 Å². The first-order valence-corrected chi connectivity index (χ1v) is 5.84. The summed E-state index contributed by atoms with van der Waals surface area (Å²) in [4.78, 5) is 11.3. The van der Waals surface area contributed by atoms with E-state index in [1.807, 2.05) is 0 Å². The Morgan fingerprint density at radius 1 is 1.25 bits per heavy atom. The molecule has 0 heterocycles. The fourth-order valence-electron chi connectivity index (χ4n) is 1.20. The van der Waals surface area contributed by atoms with Gasteiger partial charge in [-0.2, -0.15) is 5.26 Å². The summed E-state index contributed by atoms with van der Waals surface area (Å²) in [6.45, 7) is 7.61. The van der Waals surface area contributed by atoms with E-state index in [9.17, 15) is 4.79 Å². The van der Waals surface area contributed by atoms with Gasteiger partial charge in [-0.05, 0) is 33.6 Å². The summed E-state index contributed by atoms with van der Waals surface area (Å²) in [5, 5.41) is 14.4. The Labute approximate surface area is 98.4 Å². The first-order valence-electron chi connectivity index (χ1n) is 5.84. The molecule has 0 fully saturated rings. The zero-order valence-electron chi connectivity index (χ0n) is 10.6. The third-order valence-corrected chi connectivity index (χ3v) is 2.04. The Bertz CT molecular complexity index is 238. The van der Waals surface area contributed by atoms with E-state index in [2.05, 4.69) is 37.5 Å². The summed E-state index contributed by atoms with van der Waals surface area (Å²) in [6, 6.07) is 2.08. The van der Waals surface area contributed by atoms with E-state index in [-0.39, 0.29) is 11.4 Å². The highest BCUT2D eigenvalue weighted by molar-refractivity contribution is 5.75. The number of nitrogens with one attached hydrogen (secondary N) is 2. The third kappa shape index (κ3) is 11.0. The van der Waals surface area contributed by atoms with Crippen LogP contribution < -0.4 is 10.6 Å². The highest BCUT2D eigenvalue weighted by Gasteiger charge is 2.08. The fourth-order valence-corrected chi connectivity index (χ4v) is 1.20. The van der Waals surface area contributed by atoms with Gasteiger partial charge in [-0.25, -0.2) is 0 Å². The van der Waals surface area contributed by atoms with Crippen molar-refractivity contribution < 1.29 is 4.79 Å². The minimum Gasteiger partial charge on any atom is -0.356 e. The molecule has 0 aromatic rings. The number of nitrogens with zero attached hydrogens (tertiary/aromatic N) is 1. The van der Waals surface area contributed by atoms with E-state index in [0.717, 1.165) is 12.8 Å². The largest absolute Gasteiger partial charge is 0.356 e. The predicted octanol–water partition coefficient (Wildman–Crippen LogP) is 1.57. The molecule has 2 N–H and O–H groups in total. The van der Waals surface area contributed by atoms with Crippen molar-refractivity contribution in [2.45, 2.75) is 52.0 Å². The zero-order valence-corrected chi connectivity index (χ0v) is 10.6. The van der Waals surface area contributed by atoms with Gasteiger partial charge < -0.3 is 10.6 Å². The number of carbonyl (C=O) groups excluding carboxylic acids is 1. The van der Waals surface area contributed by atoms with Crippen LogP contribution in [0.4, 0.5) is 0 Å². The van der Waals surface area contributed by atoms with Crippen molar-refractivity contribution in [1.29, 1.82) is 5.26 Å². The van der Waals surface area contributed by atoms with Gasteiger partial charge in [0.25, 0.3) is 0 Å². The molecule has 0 aliphatic carbocycles. The lowest BCUT2D eigenvalue weighted by Gasteiger charge is -2.20. The van der Waals surface area contributed by atoms with E-state index in [0.29, 0.717) is 25.9 Å². The van der Waals surface area contributed by atoms with Gasteiger partial charge in [0, 0.05) is 31.5 Å². The number of carbonyl (C=O) groups is 1. The number of hydrogen-bond donors (Lipinski definition) is 2. The molecule has 4 heteroatoms. The summed E-state index contributed by atoms with van der Waals surface area (Å²) in [5.74, 6) is 0.0775. The molecule has 16 heavy (non-hydrogen) atoms. The first-order chi connectivity index (χ1) is 7.45. The Balaban J connectivity index is 3.36. The van der Waals surface area contributed by atoms with Gasteiger partial charge in [0.1, 0.15) is 0 Å². The second kappa shape index (κ2) is 8.12. The molecule has 4 nitrogen and oxygen atoms in total. The van der Waals surface area contributed by atoms with Crippen molar-refractivity contribution in [2.75, 3.05) is 13.1 Å². The van der Waals surface area contributed by atoms with Crippen LogP contribution in [0.5, 0.6) is 0 Å². The minimum absolute atomic E-state index is 0.0626. The van der Waals surface area contributed by atoms with Crippen LogP contribution in [0.25, 0.3) is 0 Å². The van der Waals surface area contributed by atoms with Crippen LogP contribution in [0.1, 0.15) is 46.5 Å². The van der Waals surface area contributed by atoms with E-state index >= 15 is 0 Å². The molecule has 0 radical (unpaired) electrons. The molecule has 0 unspecified atom stereocenters. The number of amides is 1. The third-order valence-electron chi connectivity index (χ3n) is 2.04. The van der Waals surface area contributed by atoms with Crippen molar-refractivity contribution in [3.05, 3.63) is 0 Å². The smallest absolute Gasteiger partial charge is 0.221 e. The van der Waals surface area contributed by atoms with E-state index in [4.69, 9.17) is 5.26 Å². The Morgan fingerprint density at radius 2 is 1.94 bits per heavy atom. The molecule has 0 saturated carbocycles. The van der Waals surface area contributed by atoms with Gasteiger partial charge in [0.05, 0.1) is 6.07 Å². The molecule has 0 spiro atoms. The summed E-state index contributed by atoms with van der Waals surface area (Å²) in [5.41, 5.74) is 0.0626. The number of rotatable bonds is 7. The van der Waals surface area contributed by atoms with Crippen molar-refractivity contribution in [1.82, 2.24) is 10.6 Å². The number of unbranched alkanes of at least 4 members (excludes halogenated alkanes) is 2. The fraction of sp³-hybridized carbons (Fsp3) is 0.833. The van der Waals surface area contributed by atoms with Crippen LogP contribution in [0.15, 0.2) is 0 Å². The van der Waals surface area contributed by atoms with Crippen LogP contribution in [-0.4, -0.2) is 24.5 Å². The van der Waals surface area contributed by atoms with Crippen LogP contribution in [0.2, 0.25) is 0 Å². The molecule has 92 valence electrons. The highest BCUT2D eigenvalue weighted by atomic mass is 16.1. The van der Waals surface area contributed by atoms with Gasteiger partial charge in [0.2, 0.25) is 5.91 Å². The normalized spacial score (nSPS) is 10.9. The average Bonchev–Trinajstić information content (AvgIpc) is 2.15. The quantitative estimate of drug-likeness (QED) is 0.646. The minimum atomic E-state index is 0.0626. The molecule has 0 saturated heterocycles. The lowest BCUT2D eigenvalue weighted by atomic mass is 10.1. The molecule has 0 rings (SSSR count). The predicted molar refractivity (Wildman–Crippen MR) is 64.8 cm³/mol. The maximum Gasteiger partial charge on any atom is 0.221 e. The van der Waals surface area contributed by atoms with Crippen LogP contribution in [0, 0.1) is 11.3 Å². The Hall–Kier alpha value is -1.08. The van der Waals surface area contributed by atoms with Crippen molar-refractivity contribution in [3.63, 3.8) is 0 Å². The van der Waals surface area contributed by atoms with Crippen molar-refractivity contribution in [2.24, 2.45) is 0 Å². The zero-order chi connectivity index (χ0) is 12.4. The van der Waals surface area contributed by atoms with Gasteiger partial charge >= 0.3 is 0 Å². The van der Waals surface area contributed by atoms with E-state index in [1.54, 1.807) is 0 Å². The standard InChI is InChI=1S/C12H23N3O/c1-12(2,3)15-10-7-11(16)14-9-6-4-5-8-13/h15H,4-7,9-10H2,1-3H3,(H,14,16). The van der Waals surface area contributed by atoms with Gasteiger partial charge in [0.15, 0.2) is 0 Å². The van der Waals surface area contributed by atoms with Gasteiger partial charge in [-0.3, -0.25) is 4.79 Å². The Kier molecular flexibility index (Phi) is 7.57. The summed E-state index contributed by atoms with van der Waals surface area (Å²) >= 11 is 0. The molecule has 0 atom stereocenters. The highest BCUT2D eigenvalue weighted by Crippen LogP contribution is 1.98. The summed E-state index contributed by atoms with van der Waals surface area (Å²) in [7, 11) is 0. The van der Waals surface area contributed by atoms with E-state index < -0.39 is 0 Å². The molecule has 1 amide bonds. The second-order valence-corrected chi connectivity index (χ2v) is 4.89. The van der Waals surface area contributed by atoms with Gasteiger partial charge in [-0.1, -0.05) is 0 Å². The molecule has 0 aromatic heterocycles. The second-order valence-electron chi connectivity index (χ2n) is 4.89. The maximum absolute atomic E-state index is 11.3. The van der Waals surface area contributed by atoms with Crippen LogP contribution >= 0.6 is 0 Å². The van der Waals surface area contributed by atoms with Gasteiger partial charge in [-0.15, -0.1) is 0 Å². The molecule has 0 aromatic carbocycles. The summed E-state index contributed by atoms with van der Waals surface area (Å²) < 4.78 is 0.